The highest BCUT2D eigenvalue weighted by Crippen LogP contribution is 2.48. The van der Waals surface area contributed by atoms with E-state index in [1.165, 1.54) is 36.1 Å². The number of nitrogens with one attached hydrogen (secondary N) is 1. The van der Waals surface area contributed by atoms with Crippen LogP contribution in [-0.2, 0) is 0 Å². The standard InChI is InChI=1S/C16H27NS/c1-11-10-12(2)18-15(11)14(17-5)13-8-6-7-9-16(13,3)4/h10,13-14,17H,6-9H2,1-5H3. The van der Waals surface area contributed by atoms with Gasteiger partial charge >= 0.3 is 0 Å². The number of thiophene rings is 1. The van der Waals surface area contributed by atoms with Gasteiger partial charge in [0.05, 0.1) is 0 Å². The topological polar surface area (TPSA) is 12.0 Å². The van der Waals surface area contributed by atoms with Crippen molar-refractivity contribution in [1.82, 2.24) is 5.32 Å². The minimum Gasteiger partial charge on any atom is -0.312 e. The third-order valence-electron chi connectivity index (χ3n) is 4.67. The Kier molecular flexibility index (Phi) is 4.18. The van der Waals surface area contributed by atoms with Crippen molar-refractivity contribution in [1.29, 1.82) is 0 Å². The third-order valence-corrected chi connectivity index (χ3v) is 5.90. The molecule has 1 aromatic heterocycles. The molecule has 0 aromatic carbocycles. The smallest absolute Gasteiger partial charge is 0.0448 e. The highest BCUT2D eigenvalue weighted by Gasteiger charge is 2.38. The van der Waals surface area contributed by atoms with Crippen molar-refractivity contribution in [2.75, 3.05) is 7.05 Å². The van der Waals surface area contributed by atoms with Gasteiger partial charge in [0.15, 0.2) is 0 Å². The van der Waals surface area contributed by atoms with E-state index in [2.05, 4.69) is 46.1 Å². The zero-order valence-corrected chi connectivity index (χ0v) is 13.3. The van der Waals surface area contributed by atoms with Gasteiger partial charge in [-0.3, -0.25) is 0 Å². The molecule has 0 amide bonds. The van der Waals surface area contributed by atoms with Crippen LogP contribution in [0, 0.1) is 25.2 Å². The van der Waals surface area contributed by atoms with Gasteiger partial charge in [-0.25, -0.2) is 0 Å². The fourth-order valence-corrected chi connectivity index (χ4v) is 4.83. The van der Waals surface area contributed by atoms with Crippen molar-refractivity contribution < 1.29 is 0 Å². The normalized spacial score (nSPS) is 25.1. The maximum atomic E-state index is 3.61. The van der Waals surface area contributed by atoms with Gasteiger partial charge in [0.2, 0.25) is 0 Å². The Hall–Kier alpha value is -0.340. The SMILES string of the molecule is CNC(c1sc(C)cc1C)C1CCCCC1(C)C. The van der Waals surface area contributed by atoms with E-state index in [1.54, 1.807) is 4.88 Å². The van der Waals surface area contributed by atoms with E-state index in [0.717, 1.165) is 5.92 Å². The Morgan fingerprint density at radius 3 is 2.56 bits per heavy atom. The van der Waals surface area contributed by atoms with Gasteiger partial charge in [0, 0.05) is 15.8 Å². The summed E-state index contributed by atoms with van der Waals surface area (Å²) in [6, 6.07) is 2.87. The molecular formula is C16H27NS. The van der Waals surface area contributed by atoms with Gasteiger partial charge in [0.1, 0.15) is 0 Å². The molecule has 1 fully saturated rings. The van der Waals surface area contributed by atoms with Crippen molar-refractivity contribution in [2.24, 2.45) is 11.3 Å². The van der Waals surface area contributed by atoms with E-state index < -0.39 is 0 Å². The highest BCUT2D eigenvalue weighted by molar-refractivity contribution is 7.12. The van der Waals surface area contributed by atoms with Gasteiger partial charge in [-0.1, -0.05) is 26.7 Å². The molecule has 1 aliphatic carbocycles. The monoisotopic (exact) mass is 265 g/mol. The summed E-state index contributed by atoms with van der Waals surface area (Å²) in [6.45, 7) is 9.40. The number of hydrogen-bond acceptors (Lipinski definition) is 2. The molecule has 1 saturated carbocycles. The lowest BCUT2D eigenvalue weighted by atomic mass is 9.65. The molecule has 102 valence electrons. The molecule has 0 spiro atoms. The van der Waals surface area contributed by atoms with Crippen molar-refractivity contribution in [3.63, 3.8) is 0 Å². The van der Waals surface area contributed by atoms with Gasteiger partial charge in [0.25, 0.3) is 0 Å². The molecule has 2 rings (SSSR count). The summed E-state index contributed by atoms with van der Waals surface area (Å²) in [4.78, 5) is 3.01. The number of rotatable bonds is 3. The van der Waals surface area contributed by atoms with Gasteiger partial charge in [-0.05, 0) is 56.7 Å². The van der Waals surface area contributed by atoms with Gasteiger partial charge in [-0.15, -0.1) is 11.3 Å². The van der Waals surface area contributed by atoms with Gasteiger partial charge in [-0.2, -0.15) is 0 Å². The zero-order chi connectivity index (χ0) is 13.3. The Balaban J connectivity index is 2.30. The summed E-state index contributed by atoms with van der Waals surface area (Å²) in [7, 11) is 2.13. The molecule has 1 heterocycles. The fourth-order valence-electron chi connectivity index (χ4n) is 3.62. The lowest BCUT2D eigenvalue weighted by molar-refractivity contribution is 0.102. The summed E-state index contributed by atoms with van der Waals surface area (Å²) < 4.78 is 0. The Labute approximate surface area is 116 Å². The van der Waals surface area contributed by atoms with Crippen LogP contribution in [0.5, 0.6) is 0 Å². The summed E-state index contributed by atoms with van der Waals surface area (Å²) in [5.41, 5.74) is 1.94. The molecule has 2 atom stereocenters. The Morgan fingerprint density at radius 1 is 1.33 bits per heavy atom. The second-order valence-electron chi connectivity index (χ2n) is 6.51. The Bertz CT molecular complexity index is 405. The molecule has 1 nitrogen and oxygen atoms in total. The average molecular weight is 265 g/mol. The first-order valence-corrected chi connectivity index (χ1v) is 8.01. The molecule has 0 bridgehead atoms. The summed E-state index contributed by atoms with van der Waals surface area (Å²) >= 11 is 1.98. The first kappa shape index (κ1) is 14.1. The van der Waals surface area contributed by atoms with Crippen LogP contribution in [0.3, 0.4) is 0 Å². The van der Waals surface area contributed by atoms with Crippen LogP contribution in [0.1, 0.15) is 60.9 Å². The lowest BCUT2D eigenvalue weighted by Crippen LogP contribution is -2.37. The molecule has 1 aromatic rings. The van der Waals surface area contributed by atoms with Crippen LogP contribution < -0.4 is 5.32 Å². The van der Waals surface area contributed by atoms with Gasteiger partial charge < -0.3 is 5.32 Å². The summed E-state index contributed by atoms with van der Waals surface area (Å²) in [6.07, 6.45) is 5.55. The molecule has 0 saturated heterocycles. The zero-order valence-electron chi connectivity index (χ0n) is 12.5. The second-order valence-corrected chi connectivity index (χ2v) is 7.80. The van der Waals surface area contributed by atoms with Crippen molar-refractivity contribution >= 4 is 11.3 Å². The Morgan fingerprint density at radius 2 is 2.06 bits per heavy atom. The minimum absolute atomic E-state index is 0.469. The van der Waals surface area contributed by atoms with E-state index >= 15 is 0 Å². The van der Waals surface area contributed by atoms with E-state index in [0.29, 0.717) is 11.5 Å². The summed E-state index contributed by atoms with van der Waals surface area (Å²) in [5, 5.41) is 3.61. The fraction of sp³-hybridized carbons (Fsp3) is 0.750. The maximum Gasteiger partial charge on any atom is 0.0448 e. The minimum atomic E-state index is 0.469. The van der Waals surface area contributed by atoms with Crippen LogP contribution in [0.15, 0.2) is 6.07 Å². The van der Waals surface area contributed by atoms with Crippen molar-refractivity contribution in [2.45, 2.75) is 59.4 Å². The number of hydrogen-bond donors (Lipinski definition) is 1. The van der Waals surface area contributed by atoms with E-state index in [4.69, 9.17) is 0 Å². The molecule has 1 aliphatic rings. The maximum absolute atomic E-state index is 3.61. The first-order chi connectivity index (χ1) is 8.45. The predicted molar refractivity (Wildman–Crippen MR) is 81.3 cm³/mol. The molecule has 1 N–H and O–H groups in total. The quantitative estimate of drug-likeness (QED) is 0.824. The molecule has 0 radical (unpaired) electrons. The molecule has 18 heavy (non-hydrogen) atoms. The van der Waals surface area contributed by atoms with Crippen LogP contribution in [0.2, 0.25) is 0 Å². The van der Waals surface area contributed by atoms with Crippen molar-refractivity contribution in [3.8, 4) is 0 Å². The molecule has 2 unspecified atom stereocenters. The predicted octanol–water partition coefficient (Wildman–Crippen LogP) is 4.84. The van der Waals surface area contributed by atoms with Crippen LogP contribution in [-0.4, -0.2) is 7.05 Å². The summed E-state index contributed by atoms with van der Waals surface area (Å²) in [5.74, 6) is 0.771. The highest BCUT2D eigenvalue weighted by atomic mass is 32.1. The third kappa shape index (κ3) is 2.65. The van der Waals surface area contributed by atoms with Crippen molar-refractivity contribution in [3.05, 3.63) is 21.4 Å². The number of aryl methyl sites for hydroxylation is 2. The lowest BCUT2D eigenvalue weighted by Gasteiger charge is -2.43. The van der Waals surface area contributed by atoms with E-state index in [9.17, 15) is 0 Å². The second kappa shape index (κ2) is 5.34. The largest absolute Gasteiger partial charge is 0.312 e. The van der Waals surface area contributed by atoms with Crippen LogP contribution in [0.25, 0.3) is 0 Å². The van der Waals surface area contributed by atoms with E-state index in [-0.39, 0.29) is 0 Å². The molecule has 2 heteroatoms. The molecule has 0 aliphatic heterocycles. The molecular weight excluding hydrogens is 238 g/mol. The van der Waals surface area contributed by atoms with Crippen LogP contribution in [0.4, 0.5) is 0 Å². The van der Waals surface area contributed by atoms with Crippen LogP contribution >= 0.6 is 11.3 Å². The first-order valence-electron chi connectivity index (χ1n) is 7.20. The average Bonchev–Trinajstić information content (AvgIpc) is 2.61. The van der Waals surface area contributed by atoms with E-state index in [1.807, 2.05) is 11.3 Å².